The molecule has 0 bridgehead atoms. The summed E-state index contributed by atoms with van der Waals surface area (Å²) in [7, 11) is 5.39. The molecule has 1 amide bonds. The van der Waals surface area contributed by atoms with Crippen LogP contribution in [0.1, 0.15) is 27.7 Å². The Bertz CT molecular complexity index is 759. The molecule has 0 fully saturated rings. The van der Waals surface area contributed by atoms with E-state index in [1.54, 1.807) is 0 Å². The van der Waals surface area contributed by atoms with Gasteiger partial charge >= 0.3 is 5.97 Å². The van der Waals surface area contributed by atoms with E-state index in [2.05, 4.69) is 17.4 Å². The van der Waals surface area contributed by atoms with E-state index in [0.717, 1.165) is 12.1 Å². The van der Waals surface area contributed by atoms with E-state index < -0.39 is 5.97 Å². The van der Waals surface area contributed by atoms with Crippen LogP contribution in [-0.4, -0.2) is 43.6 Å². The summed E-state index contributed by atoms with van der Waals surface area (Å²) < 4.78 is 5.30. The SMILES string of the molecule is COC(=O)c1scc(C)c1NC(=O)C(C)[N+](C)(C)Cc1ccccc1.[Y]. The van der Waals surface area contributed by atoms with E-state index in [9.17, 15) is 9.59 Å². The molecule has 1 N–H and O–H groups in total. The van der Waals surface area contributed by atoms with Crippen LogP contribution in [0.5, 0.6) is 0 Å². The van der Waals surface area contributed by atoms with Crippen molar-refractivity contribution in [1.82, 2.24) is 0 Å². The number of thiophene rings is 1. The van der Waals surface area contributed by atoms with Crippen LogP contribution in [0, 0.1) is 6.92 Å². The Morgan fingerprint density at radius 2 is 1.85 bits per heavy atom. The van der Waals surface area contributed by atoms with Gasteiger partial charge in [-0.2, -0.15) is 0 Å². The molecule has 2 aromatic rings. The zero-order valence-electron chi connectivity index (χ0n) is 15.9. The van der Waals surface area contributed by atoms with Gasteiger partial charge in [-0.1, -0.05) is 30.3 Å². The van der Waals surface area contributed by atoms with E-state index in [1.165, 1.54) is 24.0 Å². The molecule has 2 rings (SSSR count). The Hall–Kier alpha value is -1.08. The van der Waals surface area contributed by atoms with Gasteiger partial charge in [-0.3, -0.25) is 4.79 Å². The number of carbonyl (C=O) groups excluding carboxylic acids is 2. The third kappa shape index (κ3) is 5.46. The number of anilines is 1. The summed E-state index contributed by atoms with van der Waals surface area (Å²) in [4.78, 5) is 25.1. The number of hydrogen-bond donors (Lipinski definition) is 1. The van der Waals surface area contributed by atoms with Gasteiger partial charge in [0.05, 0.1) is 26.9 Å². The molecule has 0 saturated heterocycles. The van der Waals surface area contributed by atoms with Crippen molar-refractivity contribution in [2.45, 2.75) is 26.4 Å². The molecule has 0 spiro atoms. The summed E-state index contributed by atoms with van der Waals surface area (Å²) in [5, 5.41) is 4.76. The van der Waals surface area contributed by atoms with Crippen molar-refractivity contribution < 1.29 is 51.5 Å². The predicted octanol–water partition coefficient (Wildman–Crippen LogP) is 3.44. The van der Waals surface area contributed by atoms with Gasteiger partial charge in [0, 0.05) is 38.3 Å². The number of carbonyl (C=O) groups is 2. The number of nitrogens with zero attached hydrogens (tertiary/aromatic N) is 1. The average molecular weight is 450 g/mol. The Kier molecular flexibility index (Phi) is 8.60. The number of quaternary nitrogens is 1. The monoisotopic (exact) mass is 450 g/mol. The summed E-state index contributed by atoms with van der Waals surface area (Å²) >= 11 is 1.28. The normalized spacial score (nSPS) is 12.0. The van der Waals surface area contributed by atoms with Gasteiger partial charge in [0.25, 0.3) is 5.91 Å². The van der Waals surface area contributed by atoms with E-state index >= 15 is 0 Å². The number of esters is 1. The number of rotatable bonds is 6. The van der Waals surface area contributed by atoms with Crippen molar-refractivity contribution in [2.75, 3.05) is 26.5 Å². The Labute approximate surface area is 184 Å². The maximum absolute atomic E-state index is 12.8. The first-order valence-corrected chi connectivity index (χ1v) is 8.98. The molecule has 26 heavy (non-hydrogen) atoms. The minimum atomic E-state index is -0.431. The molecule has 5 nitrogen and oxygen atoms in total. The second-order valence-electron chi connectivity index (χ2n) is 6.70. The zero-order valence-corrected chi connectivity index (χ0v) is 19.6. The predicted molar refractivity (Wildman–Crippen MR) is 101 cm³/mol. The molecule has 1 aromatic carbocycles. The van der Waals surface area contributed by atoms with Gasteiger partial charge in [0.15, 0.2) is 6.04 Å². The number of aryl methyl sites for hydroxylation is 1. The minimum absolute atomic E-state index is 0. The number of benzene rings is 1. The maximum Gasteiger partial charge on any atom is 0.350 e. The smallest absolute Gasteiger partial charge is 0.350 e. The van der Waals surface area contributed by atoms with Gasteiger partial charge < -0.3 is 14.5 Å². The van der Waals surface area contributed by atoms with Crippen LogP contribution >= 0.6 is 11.3 Å². The third-order valence-corrected chi connectivity index (χ3v) is 5.53. The molecule has 7 heteroatoms. The fourth-order valence-electron chi connectivity index (χ4n) is 2.58. The van der Waals surface area contributed by atoms with E-state index in [0.29, 0.717) is 15.0 Å². The number of nitrogens with one attached hydrogen (secondary N) is 1. The Balaban J connectivity index is 0.00000338. The maximum atomic E-state index is 12.8. The second kappa shape index (κ2) is 9.74. The van der Waals surface area contributed by atoms with Crippen LogP contribution in [0.2, 0.25) is 0 Å². The van der Waals surface area contributed by atoms with Gasteiger partial charge in [-0.25, -0.2) is 4.79 Å². The number of amides is 1. The fourth-order valence-corrected chi connectivity index (χ4v) is 3.50. The summed E-state index contributed by atoms with van der Waals surface area (Å²) in [6.07, 6.45) is 0. The van der Waals surface area contributed by atoms with Crippen LogP contribution in [-0.2, 0) is 48.8 Å². The summed E-state index contributed by atoms with van der Waals surface area (Å²) in [5.41, 5.74) is 2.59. The number of likely N-dealkylation sites (N-methyl/N-ethyl adjacent to an activating group) is 1. The number of ether oxygens (including phenoxy) is 1. The Morgan fingerprint density at radius 3 is 2.42 bits per heavy atom. The van der Waals surface area contributed by atoms with Crippen LogP contribution in [0.3, 0.4) is 0 Å². The van der Waals surface area contributed by atoms with Gasteiger partial charge in [0.2, 0.25) is 0 Å². The van der Waals surface area contributed by atoms with Crippen molar-refractivity contribution in [1.29, 1.82) is 0 Å². The largest absolute Gasteiger partial charge is 0.465 e. The fraction of sp³-hybridized carbons (Fsp3) is 0.368. The van der Waals surface area contributed by atoms with Gasteiger partial charge in [-0.05, 0) is 24.8 Å². The zero-order chi connectivity index (χ0) is 18.6. The molecular formula is C19H25N2O3SY+. The van der Waals surface area contributed by atoms with Crippen LogP contribution in [0.4, 0.5) is 5.69 Å². The molecule has 0 aliphatic heterocycles. The van der Waals surface area contributed by atoms with Crippen LogP contribution in [0.25, 0.3) is 0 Å². The Morgan fingerprint density at radius 1 is 1.23 bits per heavy atom. The third-order valence-electron chi connectivity index (χ3n) is 4.45. The molecule has 1 heterocycles. The molecular weight excluding hydrogens is 425 g/mol. The topological polar surface area (TPSA) is 55.4 Å². The van der Waals surface area contributed by atoms with Crippen molar-refractivity contribution in [3.05, 3.63) is 51.7 Å². The average Bonchev–Trinajstić information content (AvgIpc) is 2.94. The molecule has 1 unspecified atom stereocenters. The quantitative estimate of drug-likeness (QED) is 0.542. The summed E-state index contributed by atoms with van der Waals surface area (Å²) in [6, 6.07) is 9.80. The number of hydrogen-bond acceptors (Lipinski definition) is 4. The molecule has 0 aliphatic rings. The van der Waals surface area contributed by atoms with E-state index in [1.807, 2.05) is 51.5 Å². The molecule has 1 radical (unpaired) electrons. The number of methoxy groups -OCH3 is 1. The molecule has 1 atom stereocenters. The first-order valence-electron chi connectivity index (χ1n) is 8.10. The van der Waals surface area contributed by atoms with Crippen molar-refractivity contribution in [2.24, 2.45) is 0 Å². The van der Waals surface area contributed by atoms with Crippen molar-refractivity contribution >= 4 is 28.9 Å². The van der Waals surface area contributed by atoms with Crippen molar-refractivity contribution in [3.63, 3.8) is 0 Å². The molecule has 1 aromatic heterocycles. The van der Waals surface area contributed by atoms with Crippen LogP contribution < -0.4 is 5.32 Å². The molecule has 137 valence electrons. The van der Waals surface area contributed by atoms with Gasteiger partial charge in [0.1, 0.15) is 11.4 Å². The van der Waals surface area contributed by atoms with Crippen molar-refractivity contribution in [3.8, 4) is 0 Å². The molecule has 0 saturated carbocycles. The molecule has 0 aliphatic carbocycles. The van der Waals surface area contributed by atoms with Gasteiger partial charge in [-0.15, -0.1) is 11.3 Å². The van der Waals surface area contributed by atoms with Crippen LogP contribution in [0.15, 0.2) is 35.7 Å². The summed E-state index contributed by atoms with van der Waals surface area (Å²) in [5.74, 6) is -0.549. The van der Waals surface area contributed by atoms with E-state index in [4.69, 9.17) is 4.74 Å². The van der Waals surface area contributed by atoms with E-state index in [-0.39, 0.29) is 44.7 Å². The second-order valence-corrected chi connectivity index (χ2v) is 7.58. The first kappa shape index (κ1) is 23.0. The summed E-state index contributed by atoms with van der Waals surface area (Å²) in [6.45, 7) is 4.51. The standard InChI is InChI=1S/C19H24N2O3S.Y/c1-13-12-25-17(19(23)24-5)16(13)20-18(22)14(2)21(3,4)11-15-9-7-6-8-10-15;/h6-10,12,14H,11H2,1-5H3;/p+1. The minimum Gasteiger partial charge on any atom is -0.465 e. The first-order chi connectivity index (χ1) is 11.8.